The first-order chi connectivity index (χ1) is 10.8. The van der Waals surface area contributed by atoms with Crippen LogP contribution in [0, 0.1) is 5.92 Å². The van der Waals surface area contributed by atoms with Crippen LogP contribution in [0.5, 0.6) is 0 Å². The Hall–Kier alpha value is -1.68. The molecule has 1 N–H and O–H groups in total. The molecule has 4 heteroatoms. The van der Waals surface area contributed by atoms with Crippen molar-refractivity contribution in [3.8, 4) is 0 Å². The summed E-state index contributed by atoms with van der Waals surface area (Å²) in [6, 6.07) is 10.4. The molecule has 1 aliphatic carbocycles. The van der Waals surface area contributed by atoms with Gasteiger partial charge in [-0.1, -0.05) is 49.6 Å². The normalized spacial score (nSPS) is 15.6. The van der Waals surface area contributed by atoms with Crippen molar-refractivity contribution in [2.45, 2.75) is 45.1 Å². The maximum Gasteiger partial charge on any atom is 0.223 e. The summed E-state index contributed by atoms with van der Waals surface area (Å²) in [5, 5.41) is 4.05. The second-order valence-corrected chi connectivity index (χ2v) is 7.14. The number of nitrogens with zero attached hydrogens (tertiary/aromatic N) is 1. The summed E-state index contributed by atoms with van der Waals surface area (Å²) in [4.78, 5) is 17.8. The third-order valence-corrected chi connectivity index (χ3v) is 5.21. The van der Waals surface area contributed by atoms with Gasteiger partial charge < -0.3 is 5.32 Å². The summed E-state index contributed by atoms with van der Waals surface area (Å²) in [5.41, 5.74) is 1.30. The van der Waals surface area contributed by atoms with E-state index in [4.69, 9.17) is 0 Å². The molecule has 1 saturated carbocycles. The van der Waals surface area contributed by atoms with E-state index in [-0.39, 0.29) is 11.8 Å². The van der Waals surface area contributed by atoms with Crippen LogP contribution >= 0.6 is 11.3 Å². The zero-order valence-corrected chi connectivity index (χ0v) is 13.6. The van der Waals surface area contributed by atoms with Crippen molar-refractivity contribution < 1.29 is 4.79 Å². The van der Waals surface area contributed by atoms with Crippen LogP contribution in [0.1, 0.15) is 47.6 Å². The van der Waals surface area contributed by atoms with Gasteiger partial charge in [0.2, 0.25) is 5.91 Å². The summed E-state index contributed by atoms with van der Waals surface area (Å²) in [6.07, 6.45) is 8.59. The van der Waals surface area contributed by atoms with Gasteiger partial charge >= 0.3 is 0 Å². The van der Waals surface area contributed by atoms with Crippen LogP contribution in [0.25, 0.3) is 0 Å². The smallest absolute Gasteiger partial charge is 0.223 e. The highest BCUT2D eigenvalue weighted by atomic mass is 32.1. The summed E-state index contributed by atoms with van der Waals surface area (Å²) in [6.45, 7) is 0.564. The van der Waals surface area contributed by atoms with Crippen LogP contribution in [-0.2, 0) is 17.8 Å². The fourth-order valence-electron chi connectivity index (χ4n) is 2.98. The molecular formula is C18H22N2OS. The van der Waals surface area contributed by atoms with Crippen molar-refractivity contribution in [2.75, 3.05) is 0 Å². The van der Waals surface area contributed by atoms with Crippen molar-refractivity contribution in [3.05, 3.63) is 52.0 Å². The molecule has 0 aliphatic heterocycles. The summed E-state index contributed by atoms with van der Waals surface area (Å²) >= 11 is 1.69. The fourth-order valence-corrected chi connectivity index (χ4v) is 3.88. The number of carbonyl (C=O) groups is 1. The van der Waals surface area contributed by atoms with E-state index in [1.807, 2.05) is 12.3 Å². The maximum atomic E-state index is 12.1. The Kier molecular flexibility index (Phi) is 5.22. The molecule has 1 fully saturated rings. The number of rotatable bonds is 5. The molecule has 0 unspecified atom stereocenters. The van der Waals surface area contributed by atoms with E-state index in [9.17, 15) is 4.79 Å². The first kappa shape index (κ1) is 15.2. The van der Waals surface area contributed by atoms with Crippen molar-refractivity contribution in [1.29, 1.82) is 0 Å². The lowest BCUT2D eigenvalue weighted by Crippen LogP contribution is -2.31. The molecule has 1 aliphatic rings. The third kappa shape index (κ3) is 4.17. The van der Waals surface area contributed by atoms with Crippen molar-refractivity contribution in [3.63, 3.8) is 0 Å². The Morgan fingerprint density at radius 1 is 1.18 bits per heavy atom. The molecular weight excluding hydrogens is 292 g/mol. The number of nitrogens with one attached hydrogen (secondary N) is 1. The van der Waals surface area contributed by atoms with Crippen LogP contribution in [0.4, 0.5) is 0 Å². The van der Waals surface area contributed by atoms with Gasteiger partial charge in [-0.25, -0.2) is 4.98 Å². The lowest BCUT2D eigenvalue weighted by Gasteiger charge is -2.20. The average molecular weight is 314 g/mol. The average Bonchev–Trinajstić information content (AvgIpc) is 3.02. The van der Waals surface area contributed by atoms with E-state index in [1.54, 1.807) is 11.3 Å². The molecule has 0 radical (unpaired) electrons. The van der Waals surface area contributed by atoms with Crippen molar-refractivity contribution in [2.24, 2.45) is 5.92 Å². The van der Waals surface area contributed by atoms with E-state index in [2.05, 4.69) is 34.6 Å². The SMILES string of the molecule is O=C(NCc1ncc(Cc2ccccc2)s1)C1CCCCC1. The van der Waals surface area contributed by atoms with Gasteiger partial charge in [0, 0.05) is 23.4 Å². The minimum Gasteiger partial charge on any atom is -0.349 e. The Morgan fingerprint density at radius 3 is 2.73 bits per heavy atom. The first-order valence-electron chi connectivity index (χ1n) is 8.06. The molecule has 1 aromatic carbocycles. The van der Waals surface area contributed by atoms with Gasteiger partial charge in [-0.3, -0.25) is 4.79 Å². The zero-order chi connectivity index (χ0) is 15.2. The predicted molar refractivity (Wildman–Crippen MR) is 89.8 cm³/mol. The highest BCUT2D eigenvalue weighted by Crippen LogP contribution is 2.24. The van der Waals surface area contributed by atoms with Gasteiger partial charge in [0.05, 0.1) is 6.54 Å². The van der Waals surface area contributed by atoms with Crippen LogP contribution in [-0.4, -0.2) is 10.9 Å². The van der Waals surface area contributed by atoms with Crippen molar-refractivity contribution >= 4 is 17.2 Å². The molecule has 1 aromatic heterocycles. The Labute approximate surface area is 135 Å². The number of amides is 1. The minimum atomic E-state index is 0.208. The van der Waals surface area contributed by atoms with E-state index >= 15 is 0 Å². The molecule has 0 bridgehead atoms. The topological polar surface area (TPSA) is 42.0 Å². The third-order valence-electron chi connectivity index (χ3n) is 4.21. The van der Waals surface area contributed by atoms with E-state index in [1.165, 1.54) is 29.7 Å². The lowest BCUT2D eigenvalue weighted by atomic mass is 9.89. The van der Waals surface area contributed by atoms with E-state index in [0.717, 1.165) is 24.3 Å². The number of carbonyl (C=O) groups excluding carboxylic acids is 1. The minimum absolute atomic E-state index is 0.208. The first-order valence-corrected chi connectivity index (χ1v) is 8.88. The molecule has 116 valence electrons. The molecule has 1 amide bonds. The van der Waals surface area contributed by atoms with Gasteiger partial charge in [-0.15, -0.1) is 11.3 Å². The van der Waals surface area contributed by atoms with Crippen LogP contribution in [0.2, 0.25) is 0 Å². The highest BCUT2D eigenvalue weighted by Gasteiger charge is 2.20. The monoisotopic (exact) mass is 314 g/mol. The van der Waals surface area contributed by atoms with Gasteiger partial charge in [-0.05, 0) is 18.4 Å². The van der Waals surface area contributed by atoms with Gasteiger partial charge in [0.1, 0.15) is 5.01 Å². The number of thiazole rings is 1. The Balaban J connectivity index is 1.50. The number of benzene rings is 1. The summed E-state index contributed by atoms with van der Waals surface area (Å²) < 4.78 is 0. The number of hydrogen-bond acceptors (Lipinski definition) is 3. The Bertz CT molecular complexity index is 603. The number of aromatic nitrogens is 1. The number of hydrogen-bond donors (Lipinski definition) is 1. The van der Waals surface area contributed by atoms with Crippen LogP contribution in [0.3, 0.4) is 0 Å². The summed E-state index contributed by atoms with van der Waals surface area (Å²) in [5.74, 6) is 0.428. The van der Waals surface area contributed by atoms with Gasteiger partial charge in [0.25, 0.3) is 0 Å². The highest BCUT2D eigenvalue weighted by molar-refractivity contribution is 7.11. The molecule has 3 rings (SSSR count). The predicted octanol–water partition coefficient (Wildman–Crippen LogP) is 3.93. The van der Waals surface area contributed by atoms with Crippen LogP contribution in [0.15, 0.2) is 36.5 Å². The lowest BCUT2D eigenvalue weighted by molar-refractivity contribution is -0.126. The standard InChI is InChI=1S/C18H22N2OS/c21-18(15-9-5-2-6-10-15)20-13-17-19-12-16(22-17)11-14-7-3-1-4-8-14/h1,3-4,7-8,12,15H,2,5-6,9-11,13H2,(H,20,21). The maximum absolute atomic E-state index is 12.1. The quantitative estimate of drug-likeness (QED) is 0.908. The Morgan fingerprint density at radius 2 is 1.95 bits per heavy atom. The van der Waals surface area contributed by atoms with Crippen molar-refractivity contribution in [1.82, 2.24) is 10.3 Å². The largest absolute Gasteiger partial charge is 0.349 e. The molecule has 0 spiro atoms. The van der Waals surface area contributed by atoms with E-state index < -0.39 is 0 Å². The molecule has 0 atom stereocenters. The zero-order valence-electron chi connectivity index (χ0n) is 12.8. The van der Waals surface area contributed by atoms with Gasteiger partial charge in [-0.2, -0.15) is 0 Å². The van der Waals surface area contributed by atoms with Crippen LogP contribution < -0.4 is 5.32 Å². The second kappa shape index (κ2) is 7.54. The molecule has 3 nitrogen and oxygen atoms in total. The summed E-state index contributed by atoms with van der Waals surface area (Å²) in [7, 11) is 0. The fraction of sp³-hybridized carbons (Fsp3) is 0.444. The second-order valence-electron chi connectivity index (χ2n) is 5.94. The van der Waals surface area contributed by atoms with E-state index in [0.29, 0.717) is 6.54 Å². The molecule has 22 heavy (non-hydrogen) atoms. The molecule has 0 saturated heterocycles. The molecule has 2 aromatic rings. The molecule has 1 heterocycles. The van der Waals surface area contributed by atoms with Gasteiger partial charge in [0.15, 0.2) is 0 Å².